The van der Waals surface area contributed by atoms with Crippen molar-refractivity contribution in [3.63, 3.8) is 0 Å². The average Bonchev–Trinajstić information content (AvgIpc) is 3.02. The van der Waals surface area contributed by atoms with Gasteiger partial charge in [0.15, 0.2) is 0 Å². The predicted octanol–water partition coefficient (Wildman–Crippen LogP) is 3.83. The Morgan fingerprint density at radius 2 is 2.19 bits per heavy atom. The van der Waals surface area contributed by atoms with Crippen LogP contribution in [0.15, 0.2) is 30.8 Å². The zero-order valence-corrected chi connectivity index (χ0v) is 9.12. The lowest BCUT2D eigenvalue weighted by atomic mass is 10.2. The van der Waals surface area contributed by atoms with E-state index in [0.717, 1.165) is 29.1 Å². The van der Waals surface area contributed by atoms with Crippen molar-refractivity contribution in [1.82, 2.24) is 4.57 Å². The van der Waals surface area contributed by atoms with Crippen molar-refractivity contribution in [2.45, 2.75) is 19.4 Å². The molecule has 1 nitrogen and oxygen atoms in total. The second-order valence-corrected chi connectivity index (χ2v) is 4.53. The maximum Gasteiger partial charge on any atom is 0.125 e. The minimum atomic E-state index is -0.168. The first-order valence-electron chi connectivity index (χ1n) is 5.69. The Morgan fingerprint density at radius 1 is 1.38 bits per heavy atom. The van der Waals surface area contributed by atoms with Crippen LogP contribution in [0.3, 0.4) is 0 Å². The molecule has 1 aromatic heterocycles. The Labute approximate surface area is 94.2 Å². The van der Waals surface area contributed by atoms with Gasteiger partial charge < -0.3 is 4.57 Å². The summed E-state index contributed by atoms with van der Waals surface area (Å²) in [6.07, 6.45) is 4.44. The number of fused-ring (bicyclic) bond motifs is 1. The summed E-state index contributed by atoms with van der Waals surface area (Å²) >= 11 is 0. The van der Waals surface area contributed by atoms with Crippen molar-refractivity contribution in [3.05, 3.63) is 42.4 Å². The molecule has 0 spiro atoms. The number of benzene rings is 1. The molecule has 0 N–H and O–H groups in total. The summed E-state index contributed by atoms with van der Waals surface area (Å²) in [4.78, 5) is 0. The molecule has 1 aromatic carbocycles. The van der Waals surface area contributed by atoms with Crippen molar-refractivity contribution in [2.75, 3.05) is 0 Å². The second-order valence-electron chi connectivity index (χ2n) is 4.53. The molecule has 2 aromatic rings. The van der Waals surface area contributed by atoms with E-state index in [0.29, 0.717) is 0 Å². The van der Waals surface area contributed by atoms with E-state index in [9.17, 15) is 4.39 Å². The highest BCUT2D eigenvalue weighted by atomic mass is 19.1. The number of hydrogen-bond acceptors (Lipinski definition) is 0. The lowest BCUT2D eigenvalue weighted by molar-refractivity contribution is 0.621. The van der Waals surface area contributed by atoms with Crippen LogP contribution < -0.4 is 0 Å². The molecule has 0 atom stereocenters. The molecule has 0 saturated heterocycles. The number of hydrogen-bond donors (Lipinski definition) is 0. The molecule has 0 bridgehead atoms. The van der Waals surface area contributed by atoms with Crippen LogP contribution >= 0.6 is 0 Å². The predicted molar refractivity (Wildman–Crippen MR) is 64.7 cm³/mol. The van der Waals surface area contributed by atoms with Crippen LogP contribution in [0.2, 0.25) is 0 Å². The minimum Gasteiger partial charge on any atom is -0.341 e. The number of nitrogens with zero attached hydrogens (tertiary/aromatic N) is 1. The average molecular weight is 215 g/mol. The molecule has 1 heterocycles. The Balaban J connectivity index is 2.18. The Bertz CT molecular complexity index is 549. The van der Waals surface area contributed by atoms with Gasteiger partial charge in [-0.15, -0.1) is 0 Å². The smallest absolute Gasteiger partial charge is 0.125 e. The zero-order valence-electron chi connectivity index (χ0n) is 9.12. The molecule has 82 valence electrons. The lowest BCUT2D eigenvalue weighted by Crippen LogP contribution is -2.01. The van der Waals surface area contributed by atoms with Crippen LogP contribution in [0, 0.1) is 11.7 Å². The largest absolute Gasteiger partial charge is 0.341 e. The molecule has 1 aliphatic rings. The fourth-order valence-corrected chi connectivity index (χ4v) is 2.18. The van der Waals surface area contributed by atoms with E-state index in [1.807, 2.05) is 12.1 Å². The van der Waals surface area contributed by atoms with Gasteiger partial charge in [0, 0.05) is 17.6 Å². The molecule has 0 amide bonds. The summed E-state index contributed by atoms with van der Waals surface area (Å²) in [5.41, 5.74) is 2.08. The summed E-state index contributed by atoms with van der Waals surface area (Å²) in [5.74, 6) is 0.607. The van der Waals surface area contributed by atoms with Gasteiger partial charge in [-0.3, -0.25) is 0 Å². The highest BCUT2D eigenvalue weighted by Gasteiger charge is 2.23. The van der Waals surface area contributed by atoms with Crippen LogP contribution in [-0.4, -0.2) is 4.57 Å². The molecule has 1 aliphatic carbocycles. The van der Waals surface area contributed by atoms with Gasteiger partial charge in [-0.25, -0.2) is 4.39 Å². The quantitative estimate of drug-likeness (QED) is 0.733. The molecular formula is C14H14FN. The van der Waals surface area contributed by atoms with Gasteiger partial charge in [0.05, 0.1) is 5.52 Å². The van der Waals surface area contributed by atoms with Crippen LogP contribution in [0.5, 0.6) is 0 Å². The molecule has 3 rings (SSSR count). The summed E-state index contributed by atoms with van der Waals surface area (Å²) < 4.78 is 15.4. The maximum absolute atomic E-state index is 13.2. The van der Waals surface area contributed by atoms with Gasteiger partial charge in [0.1, 0.15) is 5.82 Å². The van der Waals surface area contributed by atoms with Gasteiger partial charge in [0.25, 0.3) is 0 Å². The van der Waals surface area contributed by atoms with Crippen molar-refractivity contribution >= 4 is 17.0 Å². The molecule has 0 unspecified atom stereocenters. The summed E-state index contributed by atoms with van der Waals surface area (Å²) in [7, 11) is 0. The number of halogens is 1. The summed E-state index contributed by atoms with van der Waals surface area (Å²) in [5, 5.41) is 1.09. The number of aromatic nitrogens is 1. The Morgan fingerprint density at radius 3 is 2.88 bits per heavy atom. The van der Waals surface area contributed by atoms with Gasteiger partial charge in [-0.05, 0) is 49.1 Å². The van der Waals surface area contributed by atoms with E-state index in [1.54, 1.807) is 6.07 Å². The van der Waals surface area contributed by atoms with Gasteiger partial charge >= 0.3 is 0 Å². The van der Waals surface area contributed by atoms with E-state index in [1.165, 1.54) is 18.9 Å². The topological polar surface area (TPSA) is 4.93 Å². The van der Waals surface area contributed by atoms with E-state index in [-0.39, 0.29) is 5.82 Å². The first-order chi connectivity index (χ1) is 7.78. The fraction of sp³-hybridized carbons (Fsp3) is 0.286. The van der Waals surface area contributed by atoms with E-state index < -0.39 is 0 Å². The monoisotopic (exact) mass is 215 g/mol. The Kier molecular flexibility index (Phi) is 2.10. The SMILES string of the molecule is C=Cc1cc2ccc(F)cc2n1CC1CC1. The highest BCUT2D eigenvalue weighted by molar-refractivity contribution is 5.83. The molecule has 0 aliphatic heterocycles. The van der Waals surface area contributed by atoms with Gasteiger partial charge in [-0.1, -0.05) is 6.58 Å². The maximum atomic E-state index is 13.2. The molecule has 1 fully saturated rings. The van der Waals surface area contributed by atoms with Crippen molar-refractivity contribution in [3.8, 4) is 0 Å². The van der Waals surface area contributed by atoms with Crippen molar-refractivity contribution in [1.29, 1.82) is 0 Å². The van der Waals surface area contributed by atoms with Crippen molar-refractivity contribution in [2.24, 2.45) is 5.92 Å². The third kappa shape index (κ3) is 1.54. The Hall–Kier alpha value is -1.57. The standard InChI is InChI=1S/C14H14FN/c1-2-13-7-11-5-6-12(15)8-14(11)16(13)9-10-3-4-10/h2,5-8,10H,1,3-4,9H2. The lowest BCUT2D eigenvalue weighted by Gasteiger charge is -2.07. The first-order valence-corrected chi connectivity index (χ1v) is 5.69. The summed E-state index contributed by atoms with van der Waals surface area (Å²) in [6, 6.07) is 7.03. The van der Waals surface area contributed by atoms with Crippen molar-refractivity contribution < 1.29 is 4.39 Å². The van der Waals surface area contributed by atoms with Crippen LogP contribution in [0.25, 0.3) is 17.0 Å². The van der Waals surface area contributed by atoms with Gasteiger partial charge in [0.2, 0.25) is 0 Å². The molecule has 16 heavy (non-hydrogen) atoms. The minimum absolute atomic E-state index is 0.168. The fourth-order valence-electron chi connectivity index (χ4n) is 2.18. The molecule has 1 saturated carbocycles. The number of rotatable bonds is 3. The van der Waals surface area contributed by atoms with E-state index >= 15 is 0 Å². The third-order valence-electron chi connectivity index (χ3n) is 3.25. The molecule has 0 radical (unpaired) electrons. The van der Waals surface area contributed by atoms with E-state index in [4.69, 9.17) is 0 Å². The second kappa shape index (κ2) is 3.48. The van der Waals surface area contributed by atoms with E-state index in [2.05, 4.69) is 17.2 Å². The highest BCUT2D eigenvalue weighted by Crippen LogP contribution is 2.33. The summed E-state index contributed by atoms with van der Waals surface area (Å²) in [6.45, 7) is 4.82. The zero-order chi connectivity index (χ0) is 11.1. The third-order valence-corrected chi connectivity index (χ3v) is 3.25. The van der Waals surface area contributed by atoms with Gasteiger partial charge in [-0.2, -0.15) is 0 Å². The first kappa shape index (κ1) is 9.64. The van der Waals surface area contributed by atoms with Crippen LogP contribution in [-0.2, 0) is 6.54 Å². The molecule has 2 heteroatoms. The van der Waals surface area contributed by atoms with Crippen LogP contribution in [0.1, 0.15) is 18.5 Å². The molecular weight excluding hydrogens is 201 g/mol. The normalized spacial score (nSPS) is 15.6. The van der Waals surface area contributed by atoms with Crippen LogP contribution in [0.4, 0.5) is 4.39 Å².